The van der Waals surface area contributed by atoms with Gasteiger partial charge in [-0.1, -0.05) is 22.0 Å². The monoisotopic (exact) mass is 305 g/mol. The highest BCUT2D eigenvalue weighted by Crippen LogP contribution is 2.35. The van der Waals surface area contributed by atoms with Crippen molar-refractivity contribution in [3.05, 3.63) is 40.4 Å². The molecule has 1 heterocycles. The summed E-state index contributed by atoms with van der Waals surface area (Å²) in [6, 6.07) is 10.8. The molecule has 0 bridgehead atoms. The molecule has 2 aromatic rings. The maximum atomic E-state index is 5.56. The molecule has 0 spiro atoms. The van der Waals surface area contributed by atoms with Gasteiger partial charge in [-0.05, 0) is 53.6 Å². The predicted octanol–water partition coefficient (Wildman–Crippen LogP) is 3.69. The quantitative estimate of drug-likeness (QED) is 0.913. The molecule has 1 saturated heterocycles. The molecule has 3 rings (SSSR count). The Morgan fingerprint density at radius 2 is 2.11 bits per heavy atom. The van der Waals surface area contributed by atoms with Crippen LogP contribution < -0.4 is 10.1 Å². The lowest BCUT2D eigenvalue weighted by atomic mass is 9.94. The molecule has 1 fully saturated rings. The first-order chi connectivity index (χ1) is 8.78. The van der Waals surface area contributed by atoms with Crippen LogP contribution in [0.3, 0.4) is 0 Å². The maximum absolute atomic E-state index is 5.56. The summed E-state index contributed by atoms with van der Waals surface area (Å²) in [4.78, 5) is 0. The van der Waals surface area contributed by atoms with Gasteiger partial charge in [0, 0.05) is 16.9 Å². The molecule has 0 amide bonds. The van der Waals surface area contributed by atoms with E-state index in [0.717, 1.165) is 23.3 Å². The molecule has 0 aliphatic carbocycles. The Bertz CT molecular complexity index is 576. The highest BCUT2D eigenvalue weighted by atomic mass is 79.9. The lowest BCUT2D eigenvalue weighted by Crippen LogP contribution is -2.08. The second-order valence-electron chi connectivity index (χ2n) is 4.78. The summed E-state index contributed by atoms with van der Waals surface area (Å²) in [5.74, 6) is 1.59. The Hall–Kier alpha value is -1.06. The molecule has 1 N–H and O–H groups in total. The van der Waals surface area contributed by atoms with Crippen molar-refractivity contribution < 1.29 is 4.74 Å². The largest absolute Gasteiger partial charge is 0.496 e. The van der Waals surface area contributed by atoms with Crippen molar-refractivity contribution in [3.8, 4) is 5.75 Å². The zero-order valence-electron chi connectivity index (χ0n) is 10.4. The number of hydrogen-bond donors (Lipinski definition) is 1. The maximum Gasteiger partial charge on any atom is 0.123 e. The summed E-state index contributed by atoms with van der Waals surface area (Å²) in [7, 11) is 1.76. The van der Waals surface area contributed by atoms with Crippen LogP contribution in [0.5, 0.6) is 5.75 Å². The standard InChI is InChI=1S/C15H16BrNO/c1-18-15-8-10-2-3-13(16)6-12(10)7-14(15)11-4-5-17-9-11/h2-3,6-8,11,17H,4-5,9H2,1H3. The lowest BCUT2D eigenvalue weighted by molar-refractivity contribution is 0.407. The molecular weight excluding hydrogens is 290 g/mol. The van der Waals surface area contributed by atoms with Crippen LogP contribution >= 0.6 is 15.9 Å². The molecule has 0 radical (unpaired) electrons. The smallest absolute Gasteiger partial charge is 0.123 e. The summed E-state index contributed by atoms with van der Waals surface area (Å²) in [5.41, 5.74) is 1.33. The Labute approximate surface area is 115 Å². The van der Waals surface area contributed by atoms with E-state index >= 15 is 0 Å². The highest BCUT2D eigenvalue weighted by molar-refractivity contribution is 9.10. The second-order valence-corrected chi connectivity index (χ2v) is 5.69. The average molecular weight is 306 g/mol. The highest BCUT2D eigenvalue weighted by Gasteiger charge is 2.20. The molecule has 0 saturated carbocycles. The molecule has 1 unspecified atom stereocenters. The summed E-state index contributed by atoms with van der Waals surface area (Å²) in [6.07, 6.45) is 1.19. The van der Waals surface area contributed by atoms with E-state index in [1.807, 2.05) is 0 Å². The zero-order chi connectivity index (χ0) is 12.5. The minimum absolute atomic E-state index is 0.573. The van der Waals surface area contributed by atoms with E-state index in [2.05, 4.69) is 51.6 Å². The fourth-order valence-electron chi connectivity index (χ4n) is 2.68. The van der Waals surface area contributed by atoms with Gasteiger partial charge in [-0.25, -0.2) is 0 Å². The number of methoxy groups -OCH3 is 1. The Kier molecular flexibility index (Phi) is 3.27. The second kappa shape index (κ2) is 4.90. The molecule has 94 valence electrons. The van der Waals surface area contributed by atoms with Gasteiger partial charge in [0.05, 0.1) is 7.11 Å². The molecule has 18 heavy (non-hydrogen) atoms. The Balaban J connectivity index is 2.15. The third-order valence-corrected chi connectivity index (χ3v) is 4.14. The van der Waals surface area contributed by atoms with E-state index in [-0.39, 0.29) is 0 Å². The normalized spacial score (nSPS) is 19.3. The van der Waals surface area contributed by atoms with Crippen molar-refractivity contribution in [1.29, 1.82) is 0 Å². The van der Waals surface area contributed by atoms with Crippen LogP contribution in [0.4, 0.5) is 0 Å². The first kappa shape index (κ1) is 12.0. The van der Waals surface area contributed by atoms with Gasteiger partial charge in [-0.2, -0.15) is 0 Å². The fraction of sp³-hybridized carbons (Fsp3) is 0.333. The van der Waals surface area contributed by atoms with Gasteiger partial charge in [-0.15, -0.1) is 0 Å². The molecule has 1 aliphatic heterocycles. The van der Waals surface area contributed by atoms with Crippen LogP contribution in [0.15, 0.2) is 34.8 Å². The molecule has 1 atom stereocenters. The van der Waals surface area contributed by atoms with Crippen LogP contribution in [0.25, 0.3) is 10.8 Å². The van der Waals surface area contributed by atoms with E-state index in [9.17, 15) is 0 Å². The number of ether oxygens (including phenoxy) is 1. The third-order valence-electron chi connectivity index (χ3n) is 3.65. The van der Waals surface area contributed by atoms with Crippen molar-refractivity contribution >= 4 is 26.7 Å². The summed E-state index contributed by atoms with van der Waals surface area (Å²) in [5, 5.41) is 5.91. The molecule has 3 heteroatoms. The van der Waals surface area contributed by atoms with Crippen LogP contribution in [0, 0.1) is 0 Å². The minimum atomic E-state index is 0.573. The number of benzene rings is 2. The number of rotatable bonds is 2. The van der Waals surface area contributed by atoms with Gasteiger partial charge in [0.1, 0.15) is 5.75 Å². The van der Waals surface area contributed by atoms with Crippen LogP contribution in [0.1, 0.15) is 17.9 Å². The van der Waals surface area contributed by atoms with E-state index in [1.165, 1.54) is 22.8 Å². The number of nitrogens with one attached hydrogen (secondary N) is 1. The molecular formula is C15H16BrNO. The number of hydrogen-bond acceptors (Lipinski definition) is 2. The van der Waals surface area contributed by atoms with Gasteiger partial charge < -0.3 is 10.1 Å². The van der Waals surface area contributed by atoms with E-state index in [0.29, 0.717) is 5.92 Å². The third kappa shape index (κ3) is 2.13. The Morgan fingerprint density at radius 1 is 1.22 bits per heavy atom. The summed E-state index contributed by atoms with van der Waals surface area (Å²) in [6.45, 7) is 2.15. The average Bonchev–Trinajstić information content (AvgIpc) is 2.90. The molecule has 1 aliphatic rings. The summed E-state index contributed by atoms with van der Waals surface area (Å²) >= 11 is 3.53. The zero-order valence-corrected chi connectivity index (χ0v) is 12.0. The predicted molar refractivity (Wildman–Crippen MR) is 78.4 cm³/mol. The van der Waals surface area contributed by atoms with Gasteiger partial charge in [0.25, 0.3) is 0 Å². The minimum Gasteiger partial charge on any atom is -0.496 e. The first-order valence-electron chi connectivity index (χ1n) is 6.26. The van der Waals surface area contributed by atoms with Crippen molar-refractivity contribution in [2.75, 3.05) is 20.2 Å². The van der Waals surface area contributed by atoms with Gasteiger partial charge in [0.15, 0.2) is 0 Å². The van der Waals surface area contributed by atoms with Crippen molar-refractivity contribution in [3.63, 3.8) is 0 Å². The topological polar surface area (TPSA) is 21.3 Å². The molecule has 2 nitrogen and oxygen atoms in total. The van der Waals surface area contributed by atoms with Crippen LogP contribution in [-0.4, -0.2) is 20.2 Å². The van der Waals surface area contributed by atoms with Crippen LogP contribution in [-0.2, 0) is 0 Å². The SMILES string of the molecule is COc1cc2ccc(Br)cc2cc1C1CCNC1. The van der Waals surface area contributed by atoms with Crippen molar-refractivity contribution in [1.82, 2.24) is 5.32 Å². The number of fused-ring (bicyclic) bond motifs is 1. The molecule has 2 aromatic carbocycles. The van der Waals surface area contributed by atoms with Crippen molar-refractivity contribution in [2.45, 2.75) is 12.3 Å². The van der Waals surface area contributed by atoms with E-state index in [4.69, 9.17) is 4.74 Å². The van der Waals surface area contributed by atoms with Gasteiger partial charge in [0.2, 0.25) is 0 Å². The van der Waals surface area contributed by atoms with E-state index in [1.54, 1.807) is 7.11 Å². The number of halogens is 1. The summed E-state index contributed by atoms with van der Waals surface area (Å²) < 4.78 is 6.68. The van der Waals surface area contributed by atoms with E-state index < -0.39 is 0 Å². The fourth-order valence-corrected chi connectivity index (χ4v) is 3.06. The Morgan fingerprint density at radius 3 is 2.83 bits per heavy atom. The van der Waals surface area contributed by atoms with Crippen LogP contribution in [0.2, 0.25) is 0 Å². The van der Waals surface area contributed by atoms with Crippen molar-refractivity contribution in [2.24, 2.45) is 0 Å². The first-order valence-corrected chi connectivity index (χ1v) is 7.05. The molecule has 0 aromatic heterocycles. The lowest BCUT2D eigenvalue weighted by Gasteiger charge is -2.15. The van der Waals surface area contributed by atoms with Gasteiger partial charge >= 0.3 is 0 Å². The van der Waals surface area contributed by atoms with Gasteiger partial charge in [-0.3, -0.25) is 0 Å².